The van der Waals surface area contributed by atoms with Crippen molar-refractivity contribution in [1.29, 1.82) is 0 Å². The Kier molecular flexibility index (Phi) is 5.03. The highest BCUT2D eigenvalue weighted by Crippen LogP contribution is 2.23. The van der Waals surface area contributed by atoms with E-state index in [1.165, 1.54) is 17.7 Å². The number of carbonyl (C=O) groups excluding carboxylic acids is 1. The summed E-state index contributed by atoms with van der Waals surface area (Å²) < 4.78 is 0. The van der Waals surface area contributed by atoms with Crippen LogP contribution in [0.25, 0.3) is 0 Å². The highest BCUT2D eigenvalue weighted by atomic mass is 16.4. The largest absolute Gasteiger partial charge is 0.478 e. The number of nitrogens with two attached hydrogens (primary N) is 1. The SMILES string of the molecule is Nc1ccc(C(=O)N2CCC(Cc3ccccc3)CC2)cc1C(=O)O. The average Bonchev–Trinajstić information content (AvgIpc) is 2.63. The molecule has 0 spiro atoms. The predicted octanol–water partition coefficient (Wildman–Crippen LogP) is 3.06. The summed E-state index contributed by atoms with van der Waals surface area (Å²) >= 11 is 0. The number of carboxylic acid groups (broad SMARTS) is 1. The Hall–Kier alpha value is -2.82. The van der Waals surface area contributed by atoms with Crippen LogP contribution in [0.3, 0.4) is 0 Å². The van der Waals surface area contributed by atoms with Crippen molar-refractivity contribution in [1.82, 2.24) is 4.90 Å². The average molecular weight is 338 g/mol. The van der Waals surface area contributed by atoms with Crippen molar-refractivity contribution in [2.45, 2.75) is 19.3 Å². The summed E-state index contributed by atoms with van der Waals surface area (Å²) in [5.74, 6) is -0.665. The molecule has 1 saturated heterocycles. The van der Waals surface area contributed by atoms with Crippen LogP contribution in [0.5, 0.6) is 0 Å². The first kappa shape index (κ1) is 17.0. The zero-order valence-corrected chi connectivity index (χ0v) is 14.0. The van der Waals surface area contributed by atoms with E-state index in [4.69, 9.17) is 10.8 Å². The number of piperidine rings is 1. The molecule has 1 fully saturated rings. The summed E-state index contributed by atoms with van der Waals surface area (Å²) in [7, 11) is 0. The van der Waals surface area contributed by atoms with Gasteiger partial charge in [-0.2, -0.15) is 0 Å². The number of rotatable bonds is 4. The summed E-state index contributed by atoms with van der Waals surface area (Å²) in [6.45, 7) is 1.40. The fourth-order valence-electron chi connectivity index (χ4n) is 3.34. The van der Waals surface area contributed by atoms with Crippen LogP contribution in [0, 0.1) is 5.92 Å². The molecule has 1 aliphatic rings. The second kappa shape index (κ2) is 7.38. The van der Waals surface area contributed by atoms with Crippen LogP contribution in [0.1, 0.15) is 39.1 Å². The standard InChI is InChI=1S/C20H22N2O3/c21-18-7-6-16(13-17(18)20(24)25)19(23)22-10-8-15(9-11-22)12-14-4-2-1-3-5-14/h1-7,13,15H,8-12,21H2,(H,24,25). The van der Waals surface area contributed by atoms with Crippen molar-refractivity contribution in [3.63, 3.8) is 0 Å². The molecule has 5 heteroatoms. The molecule has 3 rings (SSSR count). The smallest absolute Gasteiger partial charge is 0.337 e. The monoisotopic (exact) mass is 338 g/mol. The molecule has 0 aliphatic carbocycles. The van der Waals surface area contributed by atoms with E-state index in [0.29, 0.717) is 24.6 Å². The molecular weight excluding hydrogens is 316 g/mol. The molecule has 0 saturated carbocycles. The molecule has 0 atom stereocenters. The van der Waals surface area contributed by atoms with Crippen molar-refractivity contribution in [3.8, 4) is 0 Å². The van der Waals surface area contributed by atoms with Gasteiger partial charge in [0.1, 0.15) is 0 Å². The van der Waals surface area contributed by atoms with Gasteiger partial charge in [-0.3, -0.25) is 4.79 Å². The number of likely N-dealkylation sites (tertiary alicyclic amines) is 1. The predicted molar refractivity (Wildman–Crippen MR) is 96.6 cm³/mol. The molecule has 5 nitrogen and oxygen atoms in total. The Morgan fingerprint density at radius 2 is 1.76 bits per heavy atom. The minimum Gasteiger partial charge on any atom is -0.478 e. The topological polar surface area (TPSA) is 83.6 Å². The second-order valence-corrected chi connectivity index (χ2v) is 6.53. The lowest BCUT2D eigenvalue weighted by Crippen LogP contribution is -2.39. The Bertz CT molecular complexity index is 766. The Morgan fingerprint density at radius 3 is 2.40 bits per heavy atom. The fraction of sp³-hybridized carbons (Fsp3) is 0.300. The Labute approximate surface area is 147 Å². The summed E-state index contributed by atoms with van der Waals surface area (Å²) in [5.41, 5.74) is 7.52. The van der Waals surface area contributed by atoms with E-state index >= 15 is 0 Å². The Balaban J connectivity index is 1.62. The number of nitrogens with zero attached hydrogens (tertiary/aromatic N) is 1. The van der Waals surface area contributed by atoms with Gasteiger partial charge in [0.15, 0.2) is 0 Å². The number of hydrogen-bond donors (Lipinski definition) is 2. The van der Waals surface area contributed by atoms with Crippen molar-refractivity contribution < 1.29 is 14.7 Å². The van der Waals surface area contributed by atoms with Gasteiger partial charge in [0, 0.05) is 24.3 Å². The molecular formula is C20H22N2O3. The van der Waals surface area contributed by atoms with Gasteiger partial charge in [0.25, 0.3) is 5.91 Å². The van der Waals surface area contributed by atoms with Gasteiger partial charge in [0.2, 0.25) is 0 Å². The van der Waals surface area contributed by atoms with Gasteiger partial charge in [-0.1, -0.05) is 30.3 Å². The van der Waals surface area contributed by atoms with Gasteiger partial charge >= 0.3 is 5.97 Å². The molecule has 2 aromatic carbocycles. The summed E-state index contributed by atoms with van der Waals surface area (Å²) in [5, 5.41) is 9.15. The lowest BCUT2D eigenvalue weighted by molar-refractivity contribution is 0.0690. The van der Waals surface area contributed by atoms with Crippen LogP contribution in [-0.4, -0.2) is 35.0 Å². The third-order valence-electron chi connectivity index (χ3n) is 4.80. The highest BCUT2D eigenvalue weighted by molar-refractivity contribution is 6.00. The zero-order chi connectivity index (χ0) is 17.8. The molecule has 25 heavy (non-hydrogen) atoms. The Morgan fingerprint density at radius 1 is 1.08 bits per heavy atom. The van der Waals surface area contributed by atoms with Crippen molar-refractivity contribution >= 4 is 17.6 Å². The van der Waals surface area contributed by atoms with Crippen LogP contribution < -0.4 is 5.73 Å². The molecule has 0 radical (unpaired) electrons. The van der Waals surface area contributed by atoms with E-state index in [9.17, 15) is 9.59 Å². The number of amides is 1. The zero-order valence-electron chi connectivity index (χ0n) is 14.0. The molecule has 0 aromatic heterocycles. The lowest BCUT2D eigenvalue weighted by atomic mass is 9.90. The van der Waals surface area contributed by atoms with Crippen LogP contribution in [0.2, 0.25) is 0 Å². The van der Waals surface area contributed by atoms with E-state index in [1.54, 1.807) is 11.0 Å². The normalized spacial score (nSPS) is 15.1. The van der Waals surface area contributed by atoms with E-state index in [1.807, 2.05) is 6.07 Å². The summed E-state index contributed by atoms with van der Waals surface area (Å²) in [6, 6.07) is 14.8. The highest BCUT2D eigenvalue weighted by Gasteiger charge is 2.24. The third-order valence-corrected chi connectivity index (χ3v) is 4.80. The third kappa shape index (κ3) is 3.99. The lowest BCUT2D eigenvalue weighted by Gasteiger charge is -2.32. The van der Waals surface area contributed by atoms with Crippen LogP contribution in [0.15, 0.2) is 48.5 Å². The van der Waals surface area contributed by atoms with E-state index in [2.05, 4.69) is 24.3 Å². The molecule has 130 valence electrons. The number of nitrogen functional groups attached to an aromatic ring is 1. The van der Waals surface area contributed by atoms with E-state index < -0.39 is 5.97 Å². The number of hydrogen-bond acceptors (Lipinski definition) is 3. The molecule has 1 heterocycles. The van der Waals surface area contributed by atoms with E-state index in [0.717, 1.165) is 19.3 Å². The number of carboxylic acids is 1. The minimum atomic E-state index is -1.12. The summed E-state index contributed by atoms with van der Waals surface area (Å²) in [4.78, 5) is 25.6. The van der Waals surface area contributed by atoms with Gasteiger partial charge < -0.3 is 15.7 Å². The number of benzene rings is 2. The molecule has 1 aliphatic heterocycles. The molecule has 2 aromatic rings. The quantitative estimate of drug-likeness (QED) is 0.839. The number of carbonyl (C=O) groups is 2. The van der Waals surface area contributed by atoms with Crippen molar-refractivity contribution in [3.05, 3.63) is 65.2 Å². The van der Waals surface area contributed by atoms with Gasteiger partial charge in [-0.05, 0) is 48.9 Å². The van der Waals surface area contributed by atoms with Crippen molar-refractivity contribution in [2.75, 3.05) is 18.8 Å². The maximum atomic E-state index is 12.6. The molecule has 0 bridgehead atoms. The first-order valence-electron chi connectivity index (χ1n) is 8.50. The van der Waals surface area contributed by atoms with E-state index in [-0.39, 0.29) is 17.2 Å². The first-order chi connectivity index (χ1) is 12.0. The molecule has 1 amide bonds. The van der Waals surface area contributed by atoms with Gasteiger partial charge in [-0.15, -0.1) is 0 Å². The molecule has 0 unspecified atom stereocenters. The van der Waals surface area contributed by atoms with Crippen LogP contribution in [-0.2, 0) is 6.42 Å². The number of aromatic carboxylic acids is 1. The van der Waals surface area contributed by atoms with Crippen molar-refractivity contribution in [2.24, 2.45) is 5.92 Å². The minimum absolute atomic E-state index is 0.0233. The van der Waals surface area contributed by atoms with Gasteiger partial charge in [-0.25, -0.2) is 4.79 Å². The van der Waals surface area contributed by atoms with Gasteiger partial charge in [0.05, 0.1) is 5.56 Å². The number of anilines is 1. The van der Waals surface area contributed by atoms with Crippen LogP contribution >= 0.6 is 0 Å². The molecule has 3 N–H and O–H groups in total. The fourth-order valence-corrected chi connectivity index (χ4v) is 3.34. The second-order valence-electron chi connectivity index (χ2n) is 6.53. The maximum absolute atomic E-state index is 12.6. The van der Waals surface area contributed by atoms with Crippen LogP contribution in [0.4, 0.5) is 5.69 Å². The first-order valence-corrected chi connectivity index (χ1v) is 8.50. The summed E-state index contributed by atoms with van der Waals surface area (Å²) in [6.07, 6.45) is 2.96. The maximum Gasteiger partial charge on any atom is 0.337 e.